The molecule has 2 nitrogen and oxygen atoms in total. The molecule has 1 unspecified atom stereocenters. The third-order valence-electron chi connectivity index (χ3n) is 1.66. The van der Waals surface area contributed by atoms with Crippen molar-refractivity contribution in [1.29, 1.82) is 0 Å². The lowest BCUT2D eigenvalue weighted by atomic mass is 10.1. The van der Waals surface area contributed by atoms with E-state index in [1.807, 2.05) is 6.92 Å². The summed E-state index contributed by atoms with van der Waals surface area (Å²) >= 11 is 0. The smallest absolute Gasteiger partial charge is 0.129 e. The van der Waals surface area contributed by atoms with Crippen LogP contribution in [0.2, 0.25) is 0 Å². The van der Waals surface area contributed by atoms with E-state index in [-0.39, 0.29) is 11.9 Å². The Morgan fingerprint density at radius 3 is 2.75 bits per heavy atom. The van der Waals surface area contributed by atoms with Crippen LogP contribution in [-0.2, 0) is 9.53 Å². The minimum atomic E-state index is 0.120. The number of rotatable bonds is 7. The number of carbonyl (C=O) groups is 1. The molecule has 0 aromatic rings. The normalized spacial score (nSPS) is 12.5. The molecule has 0 aliphatic heterocycles. The van der Waals surface area contributed by atoms with Crippen molar-refractivity contribution in [2.75, 3.05) is 6.61 Å². The van der Waals surface area contributed by atoms with Crippen LogP contribution in [0, 0.1) is 0 Å². The van der Waals surface area contributed by atoms with Gasteiger partial charge in [0.2, 0.25) is 0 Å². The van der Waals surface area contributed by atoms with E-state index in [2.05, 4.69) is 6.58 Å². The molecule has 0 saturated heterocycles. The highest BCUT2D eigenvalue weighted by molar-refractivity contribution is 5.75. The third-order valence-corrected chi connectivity index (χ3v) is 1.66. The van der Waals surface area contributed by atoms with Crippen molar-refractivity contribution in [2.24, 2.45) is 0 Å². The molecule has 0 radical (unpaired) electrons. The van der Waals surface area contributed by atoms with Gasteiger partial charge in [-0.25, -0.2) is 0 Å². The average molecular weight is 170 g/mol. The fourth-order valence-corrected chi connectivity index (χ4v) is 1.04. The molecule has 0 rings (SSSR count). The second-order valence-electron chi connectivity index (χ2n) is 2.82. The van der Waals surface area contributed by atoms with Gasteiger partial charge in [-0.15, -0.1) is 6.58 Å². The SMILES string of the molecule is C=CC(CCCC(C)=O)OCC. The van der Waals surface area contributed by atoms with E-state index in [1.54, 1.807) is 13.0 Å². The second-order valence-corrected chi connectivity index (χ2v) is 2.82. The summed E-state index contributed by atoms with van der Waals surface area (Å²) in [6, 6.07) is 0. The number of carbonyl (C=O) groups excluding carboxylic acids is 1. The monoisotopic (exact) mass is 170 g/mol. The number of ether oxygens (including phenoxy) is 1. The van der Waals surface area contributed by atoms with Gasteiger partial charge in [-0.05, 0) is 26.7 Å². The van der Waals surface area contributed by atoms with Gasteiger partial charge in [0.1, 0.15) is 5.78 Å². The van der Waals surface area contributed by atoms with Crippen LogP contribution in [0.25, 0.3) is 0 Å². The van der Waals surface area contributed by atoms with Crippen molar-refractivity contribution in [3.8, 4) is 0 Å². The molecule has 0 aromatic heterocycles. The van der Waals surface area contributed by atoms with Gasteiger partial charge in [-0.3, -0.25) is 0 Å². The van der Waals surface area contributed by atoms with Crippen LogP contribution in [0.5, 0.6) is 0 Å². The molecule has 0 fully saturated rings. The lowest BCUT2D eigenvalue weighted by molar-refractivity contribution is -0.117. The highest BCUT2D eigenvalue weighted by Gasteiger charge is 2.03. The minimum Gasteiger partial charge on any atom is -0.374 e. The Labute approximate surface area is 74.6 Å². The van der Waals surface area contributed by atoms with Crippen LogP contribution < -0.4 is 0 Å². The first-order valence-electron chi connectivity index (χ1n) is 4.44. The molecule has 0 spiro atoms. The zero-order valence-corrected chi connectivity index (χ0v) is 8.01. The molecule has 0 N–H and O–H groups in total. The molecule has 0 amide bonds. The molecular formula is C10H18O2. The van der Waals surface area contributed by atoms with E-state index >= 15 is 0 Å². The summed E-state index contributed by atoms with van der Waals surface area (Å²) in [5.74, 6) is 0.245. The van der Waals surface area contributed by atoms with Crippen molar-refractivity contribution in [1.82, 2.24) is 0 Å². The van der Waals surface area contributed by atoms with Crippen molar-refractivity contribution in [2.45, 2.75) is 39.2 Å². The Hall–Kier alpha value is -0.630. The lowest BCUT2D eigenvalue weighted by Crippen LogP contribution is -2.09. The van der Waals surface area contributed by atoms with Gasteiger partial charge in [0, 0.05) is 13.0 Å². The van der Waals surface area contributed by atoms with Gasteiger partial charge in [0.05, 0.1) is 6.10 Å². The summed E-state index contributed by atoms with van der Waals surface area (Å²) < 4.78 is 5.34. The van der Waals surface area contributed by atoms with E-state index in [9.17, 15) is 4.79 Å². The number of Topliss-reactive ketones (excluding diaryl/α,β-unsaturated/α-hetero) is 1. The molecule has 0 aromatic carbocycles. The van der Waals surface area contributed by atoms with Crippen molar-refractivity contribution < 1.29 is 9.53 Å². The summed E-state index contributed by atoms with van der Waals surface area (Å²) in [7, 11) is 0. The van der Waals surface area contributed by atoms with Crippen LogP contribution in [-0.4, -0.2) is 18.5 Å². The van der Waals surface area contributed by atoms with E-state index in [0.29, 0.717) is 13.0 Å². The number of hydrogen-bond donors (Lipinski definition) is 0. The van der Waals surface area contributed by atoms with Crippen LogP contribution in [0.15, 0.2) is 12.7 Å². The third kappa shape index (κ3) is 6.10. The molecule has 0 bridgehead atoms. The number of ketones is 1. The van der Waals surface area contributed by atoms with Crippen molar-refractivity contribution in [3.05, 3.63) is 12.7 Å². The van der Waals surface area contributed by atoms with E-state index in [1.165, 1.54) is 0 Å². The quantitative estimate of drug-likeness (QED) is 0.548. The van der Waals surface area contributed by atoms with Gasteiger partial charge in [-0.1, -0.05) is 6.08 Å². The van der Waals surface area contributed by atoms with Gasteiger partial charge < -0.3 is 9.53 Å². The lowest BCUT2D eigenvalue weighted by Gasteiger charge is -2.10. The molecule has 2 heteroatoms. The molecule has 0 saturated carbocycles. The predicted molar refractivity (Wildman–Crippen MR) is 50.1 cm³/mol. The summed E-state index contributed by atoms with van der Waals surface area (Å²) in [5, 5.41) is 0. The molecule has 0 aliphatic carbocycles. The first-order chi connectivity index (χ1) is 5.70. The Balaban J connectivity index is 3.44. The van der Waals surface area contributed by atoms with E-state index in [4.69, 9.17) is 4.74 Å². The molecule has 0 heterocycles. The first-order valence-corrected chi connectivity index (χ1v) is 4.44. The van der Waals surface area contributed by atoms with Crippen molar-refractivity contribution >= 4 is 5.78 Å². The van der Waals surface area contributed by atoms with Crippen LogP contribution in [0.4, 0.5) is 0 Å². The summed E-state index contributed by atoms with van der Waals surface area (Å²) in [5.41, 5.74) is 0. The first kappa shape index (κ1) is 11.4. The maximum absolute atomic E-state index is 10.6. The molecular weight excluding hydrogens is 152 g/mol. The van der Waals surface area contributed by atoms with E-state index < -0.39 is 0 Å². The topological polar surface area (TPSA) is 26.3 Å². The Bertz CT molecular complexity index is 141. The largest absolute Gasteiger partial charge is 0.374 e. The fraction of sp³-hybridized carbons (Fsp3) is 0.700. The predicted octanol–water partition coefficient (Wildman–Crippen LogP) is 2.34. The second kappa shape index (κ2) is 7.04. The Morgan fingerprint density at radius 2 is 2.33 bits per heavy atom. The molecule has 0 aliphatic rings. The zero-order valence-electron chi connectivity index (χ0n) is 8.01. The minimum absolute atomic E-state index is 0.120. The van der Waals surface area contributed by atoms with Crippen molar-refractivity contribution in [3.63, 3.8) is 0 Å². The van der Waals surface area contributed by atoms with Gasteiger partial charge in [-0.2, -0.15) is 0 Å². The Morgan fingerprint density at radius 1 is 1.67 bits per heavy atom. The van der Waals surface area contributed by atoms with Gasteiger partial charge in [0.25, 0.3) is 0 Å². The highest BCUT2D eigenvalue weighted by Crippen LogP contribution is 2.05. The molecule has 1 atom stereocenters. The summed E-state index contributed by atoms with van der Waals surface area (Å²) in [4.78, 5) is 10.6. The van der Waals surface area contributed by atoms with Gasteiger partial charge >= 0.3 is 0 Å². The van der Waals surface area contributed by atoms with Crippen LogP contribution in [0.3, 0.4) is 0 Å². The maximum Gasteiger partial charge on any atom is 0.129 e. The standard InChI is InChI=1S/C10H18O2/c1-4-10(12-5-2)8-6-7-9(3)11/h4,10H,1,5-8H2,2-3H3. The zero-order chi connectivity index (χ0) is 9.40. The van der Waals surface area contributed by atoms with Gasteiger partial charge in [0.15, 0.2) is 0 Å². The molecule has 70 valence electrons. The number of hydrogen-bond acceptors (Lipinski definition) is 2. The average Bonchev–Trinajstić information content (AvgIpc) is 2.02. The Kier molecular flexibility index (Phi) is 6.67. The van der Waals surface area contributed by atoms with Crippen LogP contribution in [0.1, 0.15) is 33.1 Å². The highest BCUT2D eigenvalue weighted by atomic mass is 16.5. The summed E-state index contributed by atoms with van der Waals surface area (Å²) in [6.45, 7) is 7.95. The fourth-order valence-electron chi connectivity index (χ4n) is 1.04. The molecule has 12 heavy (non-hydrogen) atoms. The van der Waals surface area contributed by atoms with E-state index in [0.717, 1.165) is 12.8 Å². The summed E-state index contributed by atoms with van der Waals surface area (Å²) in [6.07, 6.45) is 4.36. The van der Waals surface area contributed by atoms with Crippen LogP contribution >= 0.6 is 0 Å². The maximum atomic E-state index is 10.6.